The minimum absolute atomic E-state index is 0.260. The van der Waals surface area contributed by atoms with Gasteiger partial charge >= 0.3 is 5.97 Å². The van der Waals surface area contributed by atoms with Crippen LogP contribution < -0.4 is 11.1 Å². The van der Waals surface area contributed by atoms with Crippen molar-refractivity contribution in [2.75, 3.05) is 13.2 Å². The zero-order chi connectivity index (χ0) is 15.2. The molecular weight excluding hydrogens is 292 g/mol. The molecule has 1 heterocycles. The second-order valence-electron chi connectivity index (χ2n) is 4.94. The Morgan fingerprint density at radius 3 is 2.76 bits per heavy atom. The minimum atomic E-state index is -0.642. The second kappa shape index (κ2) is 7.21. The summed E-state index contributed by atoms with van der Waals surface area (Å²) in [6, 6.07) is 1.87. The van der Waals surface area contributed by atoms with Crippen LogP contribution in [0.25, 0.3) is 0 Å². The zero-order valence-electron chi connectivity index (χ0n) is 11.6. The Bertz CT molecular complexity index is 530. The summed E-state index contributed by atoms with van der Waals surface area (Å²) in [5, 5.41) is 2.26. The Labute approximate surface area is 126 Å². The van der Waals surface area contributed by atoms with E-state index in [4.69, 9.17) is 10.5 Å². The van der Waals surface area contributed by atoms with E-state index in [2.05, 4.69) is 5.32 Å². The van der Waals surface area contributed by atoms with E-state index >= 15 is 0 Å². The van der Waals surface area contributed by atoms with Crippen LogP contribution in [0.5, 0.6) is 0 Å². The number of thiophene rings is 1. The average molecular weight is 310 g/mol. The molecule has 2 amide bonds. The maximum absolute atomic E-state index is 11.9. The maximum Gasteiger partial charge on any atom is 0.348 e. The number of aryl methyl sites for hydroxylation is 2. The van der Waals surface area contributed by atoms with Gasteiger partial charge in [0.1, 0.15) is 4.88 Å². The Hall–Kier alpha value is -1.89. The first kappa shape index (κ1) is 15.5. The van der Waals surface area contributed by atoms with E-state index in [0.717, 1.165) is 25.7 Å². The summed E-state index contributed by atoms with van der Waals surface area (Å²) < 4.78 is 4.94. The molecule has 1 aliphatic rings. The van der Waals surface area contributed by atoms with Gasteiger partial charge in [-0.15, -0.1) is 11.3 Å². The van der Waals surface area contributed by atoms with Gasteiger partial charge in [0.25, 0.3) is 5.91 Å². The number of primary amides is 1. The lowest BCUT2D eigenvalue weighted by Gasteiger charge is -2.03. The van der Waals surface area contributed by atoms with Gasteiger partial charge in [0.05, 0.1) is 6.54 Å². The Kier molecular flexibility index (Phi) is 5.32. The standard InChI is InChI=1S/C14H18N2O4S/c15-12(17)7-16-13(18)8-20-14(19)11-6-9-4-2-1-3-5-10(9)21-11/h6H,1-5,7-8H2,(H2,15,17)(H,16,18). The van der Waals surface area contributed by atoms with E-state index in [0.29, 0.717) is 4.88 Å². The van der Waals surface area contributed by atoms with Crippen LogP contribution in [-0.2, 0) is 27.2 Å². The number of amides is 2. The maximum atomic E-state index is 11.9. The van der Waals surface area contributed by atoms with E-state index in [1.54, 1.807) is 0 Å². The highest BCUT2D eigenvalue weighted by molar-refractivity contribution is 7.14. The fourth-order valence-corrected chi connectivity index (χ4v) is 3.35. The summed E-state index contributed by atoms with van der Waals surface area (Å²) >= 11 is 1.45. The summed E-state index contributed by atoms with van der Waals surface area (Å²) in [5.41, 5.74) is 6.12. The lowest BCUT2D eigenvalue weighted by Crippen LogP contribution is -2.35. The van der Waals surface area contributed by atoms with Gasteiger partial charge in [0.2, 0.25) is 5.91 Å². The number of carbonyl (C=O) groups is 3. The van der Waals surface area contributed by atoms with Crippen molar-refractivity contribution < 1.29 is 19.1 Å². The van der Waals surface area contributed by atoms with Crippen LogP contribution in [0.4, 0.5) is 0 Å². The number of fused-ring (bicyclic) bond motifs is 1. The summed E-state index contributed by atoms with van der Waals surface area (Å²) in [5.74, 6) is -1.68. The number of rotatable bonds is 5. The molecule has 114 valence electrons. The van der Waals surface area contributed by atoms with E-state index in [9.17, 15) is 14.4 Å². The van der Waals surface area contributed by atoms with Gasteiger partial charge in [-0.2, -0.15) is 0 Å². The first-order chi connectivity index (χ1) is 10.1. The number of carbonyl (C=O) groups excluding carboxylic acids is 3. The van der Waals surface area contributed by atoms with E-state index in [1.807, 2.05) is 6.07 Å². The first-order valence-corrected chi connectivity index (χ1v) is 7.71. The molecule has 0 fully saturated rings. The largest absolute Gasteiger partial charge is 0.451 e. The predicted octanol–water partition coefficient (Wildman–Crippen LogP) is 0.775. The molecule has 0 saturated carbocycles. The highest BCUT2D eigenvalue weighted by Gasteiger charge is 2.18. The zero-order valence-corrected chi connectivity index (χ0v) is 12.5. The van der Waals surface area contributed by atoms with Gasteiger partial charge in [-0.05, 0) is 37.3 Å². The topological polar surface area (TPSA) is 98.5 Å². The third-order valence-corrected chi connectivity index (χ3v) is 4.46. The fourth-order valence-electron chi connectivity index (χ4n) is 2.21. The van der Waals surface area contributed by atoms with Gasteiger partial charge in [-0.25, -0.2) is 4.79 Å². The molecule has 0 unspecified atom stereocenters. The SMILES string of the molecule is NC(=O)CNC(=O)COC(=O)c1cc2c(s1)CCCCC2. The number of hydrogen-bond donors (Lipinski definition) is 2. The molecule has 7 heteroatoms. The van der Waals surface area contributed by atoms with Crippen molar-refractivity contribution in [3.63, 3.8) is 0 Å². The molecule has 3 N–H and O–H groups in total. The van der Waals surface area contributed by atoms with E-state index in [1.165, 1.54) is 28.2 Å². The van der Waals surface area contributed by atoms with Crippen molar-refractivity contribution in [3.05, 3.63) is 21.4 Å². The highest BCUT2D eigenvalue weighted by Crippen LogP contribution is 2.29. The lowest BCUT2D eigenvalue weighted by molar-refractivity contribution is -0.127. The molecule has 0 spiro atoms. The third kappa shape index (κ3) is 4.56. The van der Waals surface area contributed by atoms with Gasteiger partial charge in [-0.1, -0.05) is 6.42 Å². The van der Waals surface area contributed by atoms with Crippen LogP contribution in [-0.4, -0.2) is 30.9 Å². The van der Waals surface area contributed by atoms with Gasteiger partial charge in [0, 0.05) is 4.88 Å². The van der Waals surface area contributed by atoms with Gasteiger partial charge in [-0.3, -0.25) is 9.59 Å². The van der Waals surface area contributed by atoms with E-state index < -0.39 is 24.4 Å². The fraction of sp³-hybridized carbons (Fsp3) is 0.500. The second-order valence-corrected chi connectivity index (χ2v) is 6.08. The number of esters is 1. The van der Waals surface area contributed by atoms with Crippen LogP contribution in [0.15, 0.2) is 6.07 Å². The summed E-state index contributed by atoms with van der Waals surface area (Å²) in [6.45, 7) is -0.668. The predicted molar refractivity (Wildman–Crippen MR) is 78.1 cm³/mol. The summed E-state index contributed by atoms with van der Waals surface area (Å²) in [6.07, 6.45) is 5.52. The van der Waals surface area contributed by atoms with Crippen molar-refractivity contribution in [2.45, 2.75) is 32.1 Å². The normalized spacial score (nSPS) is 13.9. The molecule has 0 aliphatic heterocycles. The van der Waals surface area contributed by atoms with Crippen LogP contribution in [0.3, 0.4) is 0 Å². The van der Waals surface area contributed by atoms with Crippen LogP contribution in [0.2, 0.25) is 0 Å². The molecule has 1 aliphatic carbocycles. The smallest absolute Gasteiger partial charge is 0.348 e. The van der Waals surface area contributed by atoms with Gasteiger partial charge in [0.15, 0.2) is 6.61 Å². The number of nitrogens with two attached hydrogens (primary N) is 1. The molecule has 6 nitrogen and oxygen atoms in total. The Morgan fingerprint density at radius 1 is 1.24 bits per heavy atom. The van der Waals surface area contributed by atoms with Crippen molar-refractivity contribution in [1.82, 2.24) is 5.32 Å². The summed E-state index contributed by atoms with van der Waals surface area (Å²) in [4.78, 5) is 35.5. The third-order valence-electron chi connectivity index (χ3n) is 3.24. The van der Waals surface area contributed by atoms with Gasteiger partial charge < -0.3 is 15.8 Å². The molecule has 2 rings (SSSR count). The number of hydrogen-bond acceptors (Lipinski definition) is 5. The molecule has 0 atom stereocenters. The van der Waals surface area contributed by atoms with Crippen LogP contribution >= 0.6 is 11.3 Å². The minimum Gasteiger partial charge on any atom is -0.451 e. The molecule has 0 aromatic carbocycles. The molecule has 0 saturated heterocycles. The average Bonchev–Trinajstić information content (AvgIpc) is 2.73. The van der Waals surface area contributed by atoms with Crippen molar-refractivity contribution in [2.24, 2.45) is 5.73 Å². The number of ether oxygens (including phenoxy) is 1. The van der Waals surface area contributed by atoms with Crippen molar-refractivity contribution in [1.29, 1.82) is 0 Å². The first-order valence-electron chi connectivity index (χ1n) is 6.90. The molecular formula is C14H18N2O4S. The Balaban J connectivity index is 1.86. The number of nitrogens with one attached hydrogen (secondary N) is 1. The van der Waals surface area contributed by atoms with Crippen molar-refractivity contribution >= 4 is 29.1 Å². The van der Waals surface area contributed by atoms with Crippen LogP contribution in [0, 0.1) is 0 Å². The Morgan fingerprint density at radius 2 is 2.00 bits per heavy atom. The van der Waals surface area contributed by atoms with Crippen LogP contribution in [0.1, 0.15) is 39.4 Å². The molecule has 0 radical (unpaired) electrons. The summed E-state index contributed by atoms with van der Waals surface area (Å²) in [7, 11) is 0. The quantitative estimate of drug-likeness (QED) is 0.620. The van der Waals surface area contributed by atoms with E-state index in [-0.39, 0.29) is 6.54 Å². The molecule has 1 aromatic rings. The molecule has 21 heavy (non-hydrogen) atoms. The molecule has 0 bridgehead atoms. The van der Waals surface area contributed by atoms with Crippen molar-refractivity contribution in [3.8, 4) is 0 Å². The highest BCUT2D eigenvalue weighted by atomic mass is 32.1. The monoisotopic (exact) mass is 310 g/mol. The lowest BCUT2D eigenvalue weighted by atomic mass is 10.1. The molecule has 1 aromatic heterocycles.